The van der Waals surface area contributed by atoms with Gasteiger partial charge in [0, 0.05) is 26.2 Å². The number of halogens is 2. The molecule has 1 saturated heterocycles. The second kappa shape index (κ2) is 6.47. The Kier molecular flexibility index (Phi) is 4.94. The minimum atomic E-state index is -0.0343. The molecule has 0 aliphatic carbocycles. The molecule has 0 atom stereocenters. The van der Waals surface area contributed by atoms with Crippen LogP contribution in [-0.4, -0.2) is 48.5 Å². The van der Waals surface area contributed by atoms with Crippen LogP contribution in [0.25, 0.3) is 0 Å². The van der Waals surface area contributed by atoms with Gasteiger partial charge in [0.15, 0.2) is 0 Å². The molecule has 2 heterocycles. The Hall–Kier alpha value is -0.690. The van der Waals surface area contributed by atoms with Gasteiger partial charge < -0.3 is 10.6 Å². The predicted molar refractivity (Wildman–Crippen MR) is 74.9 cm³/mol. The maximum Gasteiger partial charge on any atom is 0.238 e. The van der Waals surface area contributed by atoms with Gasteiger partial charge >= 0.3 is 0 Å². The van der Waals surface area contributed by atoms with Crippen molar-refractivity contribution in [3.8, 4) is 0 Å². The molecule has 0 aromatic carbocycles. The number of carbonyl (C=O) groups excluding carboxylic acids is 1. The molecular formula is C11H14BrClN4O. The van der Waals surface area contributed by atoms with Gasteiger partial charge in [-0.25, -0.2) is 4.98 Å². The van der Waals surface area contributed by atoms with Crippen LogP contribution >= 0.6 is 27.5 Å². The van der Waals surface area contributed by atoms with Crippen LogP contribution in [0, 0.1) is 0 Å². The van der Waals surface area contributed by atoms with Gasteiger partial charge in [-0.05, 0) is 22.0 Å². The number of amides is 1. The van der Waals surface area contributed by atoms with E-state index in [4.69, 9.17) is 11.6 Å². The van der Waals surface area contributed by atoms with Gasteiger partial charge in [0.25, 0.3) is 0 Å². The largest absolute Gasteiger partial charge is 0.324 e. The first-order valence-corrected chi connectivity index (χ1v) is 6.86. The summed E-state index contributed by atoms with van der Waals surface area (Å²) < 4.78 is 0.670. The maximum absolute atomic E-state index is 11.8. The highest BCUT2D eigenvalue weighted by Gasteiger charge is 2.13. The summed E-state index contributed by atoms with van der Waals surface area (Å²) in [4.78, 5) is 17.9. The van der Waals surface area contributed by atoms with E-state index >= 15 is 0 Å². The maximum atomic E-state index is 11.8. The molecule has 2 N–H and O–H groups in total. The van der Waals surface area contributed by atoms with E-state index in [0.29, 0.717) is 21.9 Å². The molecule has 0 unspecified atom stereocenters. The summed E-state index contributed by atoms with van der Waals surface area (Å²) >= 11 is 9.06. The normalized spacial score (nSPS) is 16.6. The van der Waals surface area contributed by atoms with Crippen molar-refractivity contribution in [3.63, 3.8) is 0 Å². The standard InChI is InChI=1S/C11H14BrClN4O/c12-9-5-8(6-15-11(9)13)16-10(18)7-17-3-1-14-2-4-17/h5-6,14H,1-4,7H2,(H,16,18). The van der Waals surface area contributed by atoms with Crippen LogP contribution in [0.15, 0.2) is 16.7 Å². The summed E-state index contributed by atoms with van der Waals surface area (Å²) in [5.41, 5.74) is 0.645. The molecule has 1 aromatic rings. The minimum Gasteiger partial charge on any atom is -0.324 e. The van der Waals surface area contributed by atoms with Gasteiger partial charge in [-0.1, -0.05) is 11.6 Å². The molecule has 0 bridgehead atoms. The molecule has 0 saturated carbocycles. The van der Waals surface area contributed by atoms with Crippen LogP contribution < -0.4 is 10.6 Å². The van der Waals surface area contributed by atoms with E-state index in [1.807, 2.05) is 0 Å². The van der Waals surface area contributed by atoms with Crippen molar-refractivity contribution < 1.29 is 4.79 Å². The number of rotatable bonds is 3. The summed E-state index contributed by atoms with van der Waals surface area (Å²) in [5.74, 6) is -0.0343. The molecule has 1 aromatic heterocycles. The van der Waals surface area contributed by atoms with E-state index in [0.717, 1.165) is 26.2 Å². The molecule has 98 valence electrons. The molecule has 0 radical (unpaired) electrons. The second-order valence-corrected chi connectivity index (χ2v) is 5.28. The van der Waals surface area contributed by atoms with Crippen molar-refractivity contribution in [1.82, 2.24) is 15.2 Å². The number of aromatic nitrogens is 1. The van der Waals surface area contributed by atoms with Crippen molar-refractivity contribution in [2.45, 2.75) is 0 Å². The average molecular weight is 334 g/mol. The number of anilines is 1. The Morgan fingerprint density at radius 1 is 1.56 bits per heavy atom. The van der Waals surface area contributed by atoms with Crippen molar-refractivity contribution >= 4 is 39.1 Å². The lowest BCUT2D eigenvalue weighted by molar-refractivity contribution is -0.117. The molecule has 5 nitrogen and oxygen atoms in total. The van der Waals surface area contributed by atoms with E-state index < -0.39 is 0 Å². The molecule has 2 rings (SSSR count). The highest BCUT2D eigenvalue weighted by molar-refractivity contribution is 9.10. The fourth-order valence-corrected chi connectivity index (χ4v) is 2.21. The third-order valence-electron chi connectivity index (χ3n) is 2.66. The highest BCUT2D eigenvalue weighted by atomic mass is 79.9. The van der Waals surface area contributed by atoms with Crippen LogP contribution in [0.3, 0.4) is 0 Å². The van der Waals surface area contributed by atoms with Gasteiger partial charge in [-0.15, -0.1) is 0 Å². The van der Waals surface area contributed by atoms with Crippen molar-refractivity contribution in [2.24, 2.45) is 0 Å². The average Bonchev–Trinajstić information content (AvgIpc) is 2.35. The number of nitrogens with zero attached hydrogens (tertiary/aromatic N) is 2. The van der Waals surface area contributed by atoms with Crippen LogP contribution in [0.1, 0.15) is 0 Å². The zero-order chi connectivity index (χ0) is 13.0. The highest BCUT2D eigenvalue weighted by Crippen LogP contribution is 2.22. The van der Waals surface area contributed by atoms with Gasteiger partial charge in [-0.3, -0.25) is 9.69 Å². The topological polar surface area (TPSA) is 57.3 Å². The van der Waals surface area contributed by atoms with E-state index in [9.17, 15) is 4.79 Å². The molecule has 1 amide bonds. The van der Waals surface area contributed by atoms with E-state index in [1.54, 1.807) is 12.3 Å². The predicted octanol–water partition coefficient (Wildman–Crippen LogP) is 1.34. The number of pyridine rings is 1. The number of piperazine rings is 1. The van der Waals surface area contributed by atoms with Crippen molar-refractivity contribution in [3.05, 3.63) is 21.9 Å². The SMILES string of the molecule is O=C(CN1CCNCC1)Nc1cnc(Cl)c(Br)c1. The first kappa shape index (κ1) is 13.7. The van der Waals surface area contributed by atoms with Gasteiger partial charge in [-0.2, -0.15) is 0 Å². The van der Waals surface area contributed by atoms with Gasteiger partial charge in [0.05, 0.1) is 22.9 Å². The Bertz CT molecular complexity index is 437. The lowest BCUT2D eigenvalue weighted by atomic mass is 10.3. The number of nitrogens with one attached hydrogen (secondary N) is 2. The van der Waals surface area contributed by atoms with Crippen LogP contribution in [0.2, 0.25) is 5.15 Å². The molecule has 1 aliphatic rings. The molecule has 7 heteroatoms. The van der Waals surface area contributed by atoms with Crippen LogP contribution in [0.4, 0.5) is 5.69 Å². The van der Waals surface area contributed by atoms with E-state index in [-0.39, 0.29) is 5.91 Å². The van der Waals surface area contributed by atoms with Crippen LogP contribution in [0.5, 0.6) is 0 Å². The quantitative estimate of drug-likeness (QED) is 0.820. The second-order valence-electron chi connectivity index (χ2n) is 4.07. The van der Waals surface area contributed by atoms with Gasteiger partial charge in [0.2, 0.25) is 5.91 Å². The van der Waals surface area contributed by atoms with Crippen LogP contribution in [-0.2, 0) is 4.79 Å². The Balaban J connectivity index is 1.88. The van der Waals surface area contributed by atoms with Crippen molar-refractivity contribution in [2.75, 3.05) is 38.0 Å². The third kappa shape index (κ3) is 3.91. The monoisotopic (exact) mass is 332 g/mol. The summed E-state index contributed by atoms with van der Waals surface area (Å²) in [5, 5.41) is 6.44. The zero-order valence-electron chi connectivity index (χ0n) is 9.75. The van der Waals surface area contributed by atoms with Crippen molar-refractivity contribution in [1.29, 1.82) is 0 Å². The molecule has 1 aliphatic heterocycles. The first-order chi connectivity index (χ1) is 8.65. The summed E-state index contributed by atoms with van der Waals surface area (Å²) in [6.07, 6.45) is 1.54. The fourth-order valence-electron chi connectivity index (χ4n) is 1.76. The zero-order valence-corrected chi connectivity index (χ0v) is 12.1. The number of hydrogen-bond acceptors (Lipinski definition) is 4. The van der Waals surface area contributed by atoms with E-state index in [1.165, 1.54) is 0 Å². The summed E-state index contributed by atoms with van der Waals surface area (Å²) in [6, 6.07) is 1.74. The molecular weight excluding hydrogens is 320 g/mol. The molecule has 18 heavy (non-hydrogen) atoms. The molecule has 1 fully saturated rings. The Morgan fingerprint density at radius 2 is 2.28 bits per heavy atom. The van der Waals surface area contributed by atoms with Gasteiger partial charge in [0.1, 0.15) is 5.15 Å². The third-order valence-corrected chi connectivity index (χ3v) is 3.79. The Morgan fingerprint density at radius 3 is 2.94 bits per heavy atom. The number of carbonyl (C=O) groups is 1. The molecule has 0 spiro atoms. The van der Waals surface area contributed by atoms with E-state index in [2.05, 4.69) is 36.4 Å². The Labute approximate surface area is 119 Å². The number of hydrogen-bond donors (Lipinski definition) is 2. The summed E-state index contributed by atoms with van der Waals surface area (Å²) in [7, 11) is 0. The first-order valence-electron chi connectivity index (χ1n) is 5.69. The summed E-state index contributed by atoms with van der Waals surface area (Å²) in [6.45, 7) is 4.07. The lowest BCUT2D eigenvalue weighted by Crippen LogP contribution is -2.46. The lowest BCUT2D eigenvalue weighted by Gasteiger charge is -2.26. The minimum absolute atomic E-state index is 0.0343. The smallest absolute Gasteiger partial charge is 0.238 e. The fraction of sp³-hybridized carbons (Fsp3) is 0.455.